The van der Waals surface area contributed by atoms with Crippen LogP contribution in [-0.4, -0.2) is 15.3 Å². The molecule has 0 heterocycles. The minimum atomic E-state index is -0.0669. The molecule has 1 aliphatic rings. The van der Waals surface area contributed by atoms with Gasteiger partial charge in [-0.15, -0.1) is 0 Å². The lowest BCUT2D eigenvalue weighted by molar-refractivity contribution is 0.127. The van der Waals surface area contributed by atoms with Crippen molar-refractivity contribution in [2.24, 2.45) is 11.3 Å². The van der Waals surface area contributed by atoms with E-state index < -0.39 is 0 Å². The maximum atomic E-state index is 9.67. The van der Waals surface area contributed by atoms with Crippen LogP contribution in [-0.2, 0) is 11.8 Å². The predicted molar refractivity (Wildman–Crippen MR) is 156 cm³/mol. The standard InChI is InChI=1S/C21H26O2.C14H14O/c1-15-12-20(2,3)14-21(13-15,16-4-8-18(22)9-5-16)17-6-10-19(23)11-7-17;1-11-2-4-12(5-3-11)10-13-6-8-14(15)9-7-13/h4-11,15,22-23H,12-14H2,1-3H3;2-9,15H,10H2,1H3. The lowest BCUT2D eigenvalue weighted by Crippen LogP contribution is -2.41. The van der Waals surface area contributed by atoms with E-state index in [0.717, 1.165) is 19.3 Å². The van der Waals surface area contributed by atoms with Gasteiger partial charge in [0.25, 0.3) is 0 Å². The monoisotopic (exact) mass is 508 g/mol. The lowest BCUT2D eigenvalue weighted by atomic mass is 9.55. The van der Waals surface area contributed by atoms with E-state index in [1.165, 1.54) is 34.2 Å². The topological polar surface area (TPSA) is 60.7 Å². The average molecular weight is 509 g/mol. The molecule has 0 radical (unpaired) electrons. The van der Waals surface area contributed by atoms with Crippen molar-refractivity contribution < 1.29 is 15.3 Å². The van der Waals surface area contributed by atoms with Crippen LogP contribution in [0, 0.1) is 18.3 Å². The number of aromatic hydroxyl groups is 3. The van der Waals surface area contributed by atoms with E-state index in [1.54, 1.807) is 36.4 Å². The summed E-state index contributed by atoms with van der Waals surface area (Å²) in [5, 5.41) is 28.5. The fourth-order valence-corrected chi connectivity index (χ4v) is 6.29. The Morgan fingerprint density at radius 2 is 1.00 bits per heavy atom. The number of benzene rings is 4. The molecule has 1 atom stereocenters. The van der Waals surface area contributed by atoms with E-state index in [9.17, 15) is 10.2 Å². The Labute approximate surface area is 227 Å². The minimum Gasteiger partial charge on any atom is -0.508 e. The van der Waals surface area contributed by atoms with Crippen LogP contribution in [0.15, 0.2) is 97.1 Å². The van der Waals surface area contributed by atoms with Crippen LogP contribution in [0.5, 0.6) is 17.2 Å². The molecule has 3 N–H and O–H groups in total. The molecule has 0 bridgehead atoms. The zero-order valence-electron chi connectivity index (χ0n) is 23.0. The van der Waals surface area contributed by atoms with Crippen LogP contribution in [0.2, 0.25) is 0 Å². The van der Waals surface area contributed by atoms with Gasteiger partial charge in [-0.05, 0) is 103 Å². The normalized spacial score (nSPS) is 17.7. The molecule has 3 heteroatoms. The Kier molecular flexibility index (Phi) is 8.16. The molecular formula is C35H40O3. The Balaban J connectivity index is 0.000000194. The molecule has 1 saturated carbocycles. The third kappa shape index (κ3) is 6.77. The van der Waals surface area contributed by atoms with Gasteiger partial charge in [-0.2, -0.15) is 0 Å². The quantitative estimate of drug-likeness (QED) is 0.259. The second-order valence-electron chi connectivity index (χ2n) is 11.9. The second kappa shape index (κ2) is 11.3. The summed E-state index contributed by atoms with van der Waals surface area (Å²) in [6.07, 6.45) is 4.30. The Morgan fingerprint density at radius 3 is 1.42 bits per heavy atom. The summed E-state index contributed by atoms with van der Waals surface area (Å²) in [5.74, 6) is 1.56. The van der Waals surface area contributed by atoms with Crippen molar-refractivity contribution >= 4 is 0 Å². The van der Waals surface area contributed by atoms with Gasteiger partial charge < -0.3 is 15.3 Å². The molecule has 5 rings (SSSR count). The van der Waals surface area contributed by atoms with E-state index >= 15 is 0 Å². The molecular weight excluding hydrogens is 468 g/mol. The van der Waals surface area contributed by atoms with Crippen molar-refractivity contribution in [2.75, 3.05) is 0 Å². The van der Waals surface area contributed by atoms with Crippen molar-refractivity contribution in [3.8, 4) is 17.2 Å². The van der Waals surface area contributed by atoms with Crippen LogP contribution in [0.3, 0.4) is 0 Å². The van der Waals surface area contributed by atoms with Crippen molar-refractivity contribution in [3.63, 3.8) is 0 Å². The van der Waals surface area contributed by atoms with Gasteiger partial charge in [-0.1, -0.05) is 87.0 Å². The molecule has 0 aliphatic heterocycles. The molecule has 0 saturated heterocycles. The molecule has 0 spiro atoms. The number of rotatable bonds is 4. The molecule has 0 aromatic heterocycles. The lowest BCUT2D eigenvalue weighted by Gasteiger charge is -2.48. The predicted octanol–water partition coefficient (Wildman–Crippen LogP) is 8.52. The zero-order chi connectivity index (χ0) is 27.3. The van der Waals surface area contributed by atoms with Gasteiger partial charge in [0.2, 0.25) is 0 Å². The summed E-state index contributed by atoms with van der Waals surface area (Å²) in [6.45, 7) is 9.11. The summed E-state index contributed by atoms with van der Waals surface area (Å²) >= 11 is 0. The van der Waals surface area contributed by atoms with Gasteiger partial charge in [0.1, 0.15) is 17.2 Å². The Morgan fingerprint density at radius 1 is 0.605 bits per heavy atom. The maximum Gasteiger partial charge on any atom is 0.115 e. The first-order valence-electron chi connectivity index (χ1n) is 13.5. The first kappa shape index (κ1) is 27.3. The van der Waals surface area contributed by atoms with E-state index in [-0.39, 0.29) is 10.8 Å². The van der Waals surface area contributed by atoms with E-state index in [1.807, 2.05) is 12.1 Å². The fraction of sp³-hybridized carbons (Fsp3) is 0.314. The maximum absolute atomic E-state index is 9.67. The first-order valence-corrected chi connectivity index (χ1v) is 13.5. The smallest absolute Gasteiger partial charge is 0.115 e. The van der Waals surface area contributed by atoms with Crippen LogP contribution >= 0.6 is 0 Å². The second-order valence-corrected chi connectivity index (χ2v) is 11.9. The average Bonchev–Trinajstić information content (AvgIpc) is 2.87. The molecule has 1 aliphatic carbocycles. The highest BCUT2D eigenvalue weighted by molar-refractivity contribution is 5.44. The van der Waals surface area contributed by atoms with Gasteiger partial charge in [0, 0.05) is 5.41 Å². The number of aryl methyl sites for hydroxylation is 1. The van der Waals surface area contributed by atoms with Crippen molar-refractivity contribution in [1.29, 1.82) is 0 Å². The summed E-state index contributed by atoms with van der Waals surface area (Å²) in [4.78, 5) is 0. The van der Waals surface area contributed by atoms with E-state index in [4.69, 9.17) is 5.11 Å². The van der Waals surface area contributed by atoms with Gasteiger partial charge in [0.15, 0.2) is 0 Å². The molecule has 0 amide bonds. The Hall–Kier alpha value is -3.72. The van der Waals surface area contributed by atoms with E-state index in [0.29, 0.717) is 23.2 Å². The largest absolute Gasteiger partial charge is 0.508 e. The van der Waals surface area contributed by atoms with Gasteiger partial charge in [0.05, 0.1) is 0 Å². The minimum absolute atomic E-state index is 0.0669. The molecule has 3 nitrogen and oxygen atoms in total. The summed E-state index contributed by atoms with van der Waals surface area (Å²) in [6, 6.07) is 31.2. The fourth-order valence-electron chi connectivity index (χ4n) is 6.29. The molecule has 198 valence electrons. The van der Waals surface area contributed by atoms with Crippen molar-refractivity contribution in [2.45, 2.75) is 58.8 Å². The molecule has 38 heavy (non-hydrogen) atoms. The van der Waals surface area contributed by atoms with Gasteiger partial charge in [-0.25, -0.2) is 0 Å². The number of phenolic OH excluding ortho intramolecular Hbond substituents is 3. The molecule has 4 aromatic carbocycles. The summed E-state index contributed by atoms with van der Waals surface area (Å²) in [7, 11) is 0. The highest BCUT2D eigenvalue weighted by Gasteiger charge is 2.45. The van der Waals surface area contributed by atoms with Crippen molar-refractivity contribution in [1.82, 2.24) is 0 Å². The summed E-state index contributed by atoms with van der Waals surface area (Å²) < 4.78 is 0. The first-order chi connectivity index (χ1) is 18.0. The highest BCUT2D eigenvalue weighted by Crippen LogP contribution is 2.53. The molecule has 1 unspecified atom stereocenters. The zero-order valence-corrected chi connectivity index (χ0v) is 23.0. The third-order valence-electron chi connectivity index (χ3n) is 7.68. The number of hydrogen-bond acceptors (Lipinski definition) is 3. The van der Waals surface area contributed by atoms with Crippen LogP contribution < -0.4 is 0 Å². The molecule has 4 aromatic rings. The SMILES string of the molecule is CC1CC(C)(C)CC(c2ccc(O)cc2)(c2ccc(O)cc2)C1.Cc1ccc(Cc2ccc(O)cc2)cc1. The van der Waals surface area contributed by atoms with Crippen LogP contribution in [0.25, 0.3) is 0 Å². The number of phenols is 3. The van der Waals surface area contributed by atoms with Crippen LogP contribution in [0.4, 0.5) is 0 Å². The number of hydrogen-bond donors (Lipinski definition) is 3. The highest BCUT2D eigenvalue weighted by atomic mass is 16.3. The molecule has 1 fully saturated rings. The van der Waals surface area contributed by atoms with Gasteiger partial charge in [-0.3, -0.25) is 0 Å². The van der Waals surface area contributed by atoms with Gasteiger partial charge >= 0.3 is 0 Å². The summed E-state index contributed by atoms with van der Waals surface area (Å²) in [5.41, 5.74) is 6.49. The third-order valence-corrected chi connectivity index (χ3v) is 7.68. The van der Waals surface area contributed by atoms with Crippen LogP contribution in [0.1, 0.15) is 67.9 Å². The van der Waals surface area contributed by atoms with E-state index in [2.05, 4.69) is 76.2 Å². The Bertz CT molecular complexity index is 1210. The van der Waals surface area contributed by atoms with Crippen molar-refractivity contribution in [3.05, 3.63) is 125 Å².